The van der Waals surface area contributed by atoms with E-state index in [2.05, 4.69) is 5.32 Å². The second-order valence-corrected chi connectivity index (χ2v) is 12.6. The molecular formula is C35H38FN3O4S. The van der Waals surface area contributed by atoms with Crippen LogP contribution in [0.25, 0.3) is 0 Å². The number of sulfonamides is 1. The Morgan fingerprint density at radius 1 is 0.841 bits per heavy atom. The maximum absolute atomic E-state index is 15.2. The highest BCUT2D eigenvalue weighted by Gasteiger charge is 2.35. The summed E-state index contributed by atoms with van der Waals surface area (Å²) in [5.74, 6) is -1.79. The molecule has 0 saturated heterocycles. The molecular weight excluding hydrogens is 577 g/mol. The molecule has 2 atom stereocenters. The van der Waals surface area contributed by atoms with E-state index in [-0.39, 0.29) is 35.5 Å². The summed E-state index contributed by atoms with van der Waals surface area (Å²) in [6, 6.07) is 28.8. The summed E-state index contributed by atoms with van der Waals surface area (Å²) < 4.78 is 43.9. The van der Waals surface area contributed by atoms with Gasteiger partial charge in [0.05, 0.1) is 10.6 Å². The van der Waals surface area contributed by atoms with E-state index in [4.69, 9.17) is 0 Å². The molecule has 0 fully saturated rings. The second kappa shape index (κ2) is 14.8. The summed E-state index contributed by atoms with van der Waals surface area (Å²) >= 11 is 0. The number of rotatable bonds is 13. The Bertz CT molecular complexity index is 1670. The molecule has 0 aliphatic heterocycles. The van der Waals surface area contributed by atoms with Gasteiger partial charge in [-0.25, -0.2) is 12.8 Å². The molecule has 0 radical (unpaired) electrons. The Hall–Kier alpha value is -4.50. The van der Waals surface area contributed by atoms with Crippen LogP contribution < -0.4 is 9.62 Å². The van der Waals surface area contributed by atoms with Crippen LogP contribution in [0.5, 0.6) is 0 Å². The summed E-state index contributed by atoms with van der Waals surface area (Å²) in [7, 11) is -4.37. The lowest BCUT2D eigenvalue weighted by Gasteiger charge is -2.34. The minimum absolute atomic E-state index is 0.0490. The third-order valence-corrected chi connectivity index (χ3v) is 9.38. The van der Waals surface area contributed by atoms with E-state index < -0.39 is 34.3 Å². The van der Waals surface area contributed by atoms with Crippen molar-refractivity contribution in [1.82, 2.24) is 10.2 Å². The van der Waals surface area contributed by atoms with Gasteiger partial charge in [0.25, 0.3) is 10.0 Å². The number of para-hydroxylation sites is 1. The fraction of sp³-hybridized carbons (Fsp3) is 0.257. The molecule has 0 unspecified atom stereocenters. The quantitative estimate of drug-likeness (QED) is 0.203. The maximum atomic E-state index is 15.2. The molecule has 4 aromatic carbocycles. The Morgan fingerprint density at radius 3 is 2.07 bits per heavy atom. The van der Waals surface area contributed by atoms with Gasteiger partial charge in [0.1, 0.15) is 18.4 Å². The van der Waals surface area contributed by atoms with Gasteiger partial charge in [-0.15, -0.1) is 0 Å². The van der Waals surface area contributed by atoms with E-state index in [0.717, 1.165) is 27.1 Å². The second-order valence-electron chi connectivity index (χ2n) is 10.7. The largest absolute Gasteiger partial charge is 0.352 e. The molecule has 0 heterocycles. The first-order valence-corrected chi connectivity index (χ1v) is 16.1. The summed E-state index contributed by atoms with van der Waals surface area (Å²) in [5.41, 5.74) is 2.29. The van der Waals surface area contributed by atoms with Gasteiger partial charge in [-0.3, -0.25) is 13.9 Å². The number of hydrogen-bond acceptors (Lipinski definition) is 4. The van der Waals surface area contributed by atoms with Crippen molar-refractivity contribution in [3.05, 3.63) is 132 Å². The van der Waals surface area contributed by atoms with E-state index in [1.54, 1.807) is 18.2 Å². The molecule has 4 rings (SSSR count). The minimum Gasteiger partial charge on any atom is -0.352 e. The van der Waals surface area contributed by atoms with Crippen LogP contribution in [0.2, 0.25) is 0 Å². The molecule has 0 saturated carbocycles. The number of nitrogens with one attached hydrogen (secondary N) is 1. The smallest absolute Gasteiger partial charge is 0.264 e. The standard InChI is InChI=1S/C35H38FN3O4S/c1-4-27(3)37-35(41)33(23-28-16-7-5-8-17-28)38(24-29-18-12-11-15-26(29)2)34(40)25-39(32-22-14-13-21-31(32)36)44(42,43)30-19-9-6-10-20-30/h5-22,27,33H,4,23-25H2,1-3H3,(H,37,41)/t27-,33+/m1/s1. The van der Waals surface area contributed by atoms with Gasteiger partial charge in [-0.05, 0) is 61.2 Å². The molecule has 7 nitrogen and oxygen atoms in total. The number of nitrogens with zero attached hydrogens (tertiary/aromatic N) is 2. The topological polar surface area (TPSA) is 86.8 Å². The molecule has 0 spiro atoms. The van der Waals surface area contributed by atoms with Crippen LogP contribution in [-0.2, 0) is 32.6 Å². The lowest BCUT2D eigenvalue weighted by atomic mass is 10.0. The van der Waals surface area contributed by atoms with E-state index >= 15 is 4.39 Å². The lowest BCUT2D eigenvalue weighted by Crippen LogP contribution is -2.54. The van der Waals surface area contributed by atoms with Crippen LogP contribution >= 0.6 is 0 Å². The van der Waals surface area contributed by atoms with E-state index in [1.807, 2.05) is 75.4 Å². The SMILES string of the molecule is CC[C@@H](C)NC(=O)[C@H](Cc1ccccc1)N(Cc1ccccc1C)C(=O)CN(c1ccccc1F)S(=O)(=O)c1ccccc1. The first-order chi connectivity index (χ1) is 21.1. The molecule has 0 aromatic heterocycles. The highest BCUT2D eigenvalue weighted by Crippen LogP contribution is 2.27. The fourth-order valence-electron chi connectivity index (χ4n) is 4.85. The summed E-state index contributed by atoms with van der Waals surface area (Å²) in [4.78, 5) is 29.6. The zero-order chi connectivity index (χ0) is 31.7. The number of halogens is 1. The van der Waals surface area contributed by atoms with Crippen LogP contribution in [0.3, 0.4) is 0 Å². The van der Waals surface area contributed by atoms with Gasteiger partial charge in [0, 0.05) is 19.0 Å². The number of amides is 2. The predicted molar refractivity (Wildman–Crippen MR) is 171 cm³/mol. The van der Waals surface area contributed by atoms with Gasteiger partial charge >= 0.3 is 0 Å². The van der Waals surface area contributed by atoms with Crippen molar-refractivity contribution >= 4 is 27.5 Å². The first-order valence-electron chi connectivity index (χ1n) is 14.6. The number of benzene rings is 4. The number of aryl methyl sites for hydroxylation is 1. The average molecular weight is 616 g/mol. The van der Waals surface area contributed by atoms with Gasteiger partial charge < -0.3 is 10.2 Å². The average Bonchev–Trinajstić information content (AvgIpc) is 3.03. The number of carbonyl (C=O) groups excluding carboxylic acids is 2. The van der Waals surface area contributed by atoms with Gasteiger partial charge in [-0.1, -0.05) is 91.9 Å². The predicted octanol–water partition coefficient (Wildman–Crippen LogP) is 5.88. The van der Waals surface area contributed by atoms with Crippen LogP contribution in [0.15, 0.2) is 114 Å². The number of carbonyl (C=O) groups is 2. The van der Waals surface area contributed by atoms with Gasteiger partial charge in [0.2, 0.25) is 11.8 Å². The van der Waals surface area contributed by atoms with Crippen LogP contribution in [0.4, 0.5) is 10.1 Å². The van der Waals surface area contributed by atoms with Crippen LogP contribution in [-0.4, -0.2) is 43.8 Å². The van der Waals surface area contributed by atoms with E-state index in [1.165, 1.54) is 35.2 Å². The number of anilines is 1. The van der Waals surface area contributed by atoms with Gasteiger partial charge in [0.15, 0.2) is 0 Å². The molecule has 2 amide bonds. The monoisotopic (exact) mass is 615 g/mol. The van der Waals surface area contributed by atoms with Crippen molar-refractivity contribution in [3.63, 3.8) is 0 Å². The van der Waals surface area contributed by atoms with E-state index in [9.17, 15) is 18.0 Å². The van der Waals surface area contributed by atoms with Crippen molar-refractivity contribution in [1.29, 1.82) is 0 Å². The normalized spacial score (nSPS) is 12.6. The third kappa shape index (κ3) is 7.90. The zero-order valence-electron chi connectivity index (χ0n) is 25.2. The van der Waals surface area contributed by atoms with Gasteiger partial charge in [-0.2, -0.15) is 0 Å². The van der Waals surface area contributed by atoms with Crippen LogP contribution in [0.1, 0.15) is 37.0 Å². The molecule has 44 heavy (non-hydrogen) atoms. The molecule has 9 heteroatoms. The van der Waals surface area contributed by atoms with E-state index in [0.29, 0.717) is 6.42 Å². The molecule has 0 aliphatic rings. The lowest BCUT2D eigenvalue weighted by molar-refractivity contribution is -0.140. The Kier molecular flexibility index (Phi) is 10.9. The van der Waals surface area contributed by atoms with Crippen molar-refractivity contribution in [2.24, 2.45) is 0 Å². The Labute approximate surface area is 259 Å². The van der Waals surface area contributed by atoms with Crippen molar-refractivity contribution in [2.75, 3.05) is 10.8 Å². The molecule has 230 valence electrons. The van der Waals surface area contributed by atoms with Crippen molar-refractivity contribution < 1.29 is 22.4 Å². The Balaban J connectivity index is 1.82. The molecule has 1 N–H and O–H groups in total. The summed E-state index contributed by atoms with van der Waals surface area (Å²) in [5, 5.41) is 3.01. The summed E-state index contributed by atoms with van der Waals surface area (Å²) in [6.07, 6.45) is 0.887. The first kappa shape index (κ1) is 32.4. The fourth-order valence-corrected chi connectivity index (χ4v) is 6.30. The minimum atomic E-state index is -4.37. The third-order valence-electron chi connectivity index (χ3n) is 7.61. The molecule has 0 bridgehead atoms. The molecule has 4 aromatic rings. The highest BCUT2D eigenvalue weighted by atomic mass is 32.2. The number of hydrogen-bond donors (Lipinski definition) is 1. The maximum Gasteiger partial charge on any atom is 0.264 e. The Morgan fingerprint density at radius 2 is 1.43 bits per heavy atom. The van der Waals surface area contributed by atoms with Crippen molar-refractivity contribution in [2.45, 2.75) is 57.1 Å². The van der Waals surface area contributed by atoms with Crippen LogP contribution in [0, 0.1) is 12.7 Å². The zero-order valence-corrected chi connectivity index (χ0v) is 26.0. The van der Waals surface area contributed by atoms with Crippen molar-refractivity contribution in [3.8, 4) is 0 Å². The highest BCUT2D eigenvalue weighted by molar-refractivity contribution is 7.92. The summed E-state index contributed by atoms with van der Waals surface area (Å²) in [6.45, 7) is 5.08. The molecule has 0 aliphatic carbocycles.